The number of carbonyl (C=O) groups is 2. The average Bonchev–Trinajstić information content (AvgIpc) is 3.72. The number of carbonyl (C=O) groups excluding carboxylic acids is 2. The van der Waals surface area contributed by atoms with E-state index in [1.807, 2.05) is 4.90 Å². The molecule has 226 valence electrons. The zero-order valence-electron chi connectivity index (χ0n) is 25.7. The SMILES string of the molecule is CC(C)CC(C)C(CC(=O)C1=NC2=C(CC=CCC=C2)[NH+]1CCC1CC1)C1CNCC(CC(=O)N2CCOCC2)C1. The summed E-state index contributed by atoms with van der Waals surface area (Å²) in [6.45, 7) is 12.4. The number of piperidine rings is 1. The number of nitrogens with one attached hydrogen (secondary N) is 2. The molecule has 7 heteroatoms. The van der Waals surface area contributed by atoms with Gasteiger partial charge in [-0.15, -0.1) is 0 Å². The van der Waals surface area contributed by atoms with Crippen LogP contribution >= 0.6 is 0 Å². The summed E-state index contributed by atoms with van der Waals surface area (Å²) < 4.78 is 5.45. The zero-order valence-corrected chi connectivity index (χ0v) is 25.7. The number of ether oxygens (including phenoxy) is 1. The fourth-order valence-corrected chi connectivity index (χ4v) is 7.53. The van der Waals surface area contributed by atoms with Gasteiger partial charge in [0.1, 0.15) is 11.4 Å². The van der Waals surface area contributed by atoms with E-state index >= 15 is 0 Å². The standard InChI is InChI=1S/C34H52N4O3/c1-24(2)18-25(3)29(28-19-27(22-35-23-28)20-33(40)37-14-16-41-17-15-37)21-32(39)34-36-30-8-6-4-5-7-9-31(30)38(34)13-12-26-10-11-26/h5-8,24-29,35H,4,9-23H2,1-3H3/p+1. The molecule has 1 saturated carbocycles. The fraction of sp³-hybridized carbons (Fsp3) is 0.735. The lowest BCUT2D eigenvalue weighted by atomic mass is 9.71. The summed E-state index contributed by atoms with van der Waals surface area (Å²) in [5.74, 6) is 4.07. The van der Waals surface area contributed by atoms with Crippen LogP contribution in [0.1, 0.15) is 78.6 Å². The number of amides is 1. The molecule has 41 heavy (non-hydrogen) atoms. The number of hydrogen-bond acceptors (Lipinski definition) is 5. The van der Waals surface area contributed by atoms with E-state index < -0.39 is 0 Å². The van der Waals surface area contributed by atoms with Gasteiger partial charge in [0, 0.05) is 38.8 Å². The third kappa shape index (κ3) is 8.26. The Labute approximate surface area is 247 Å². The lowest BCUT2D eigenvalue weighted by Crippen LogP contribution is -3.13. The lowest BCUT2D eigenvalue weighted by molar-refractivity contribution is -0.759. The maximum atomic E-state index is 14.2. The van der Waals surface area contributed by atoms with Crippen LogP contribution in [0.15, 0.2) is 40.7 Å². The van der Waals surface area contributed by atoms with Gasteiger partial charge in [0.05, 0.1) is 19.8 Å². The van der Waals surface area contributed by atoms with Crippen LogP contribution in [0.5, 0.6) is 0 Å². The summed E-state index contributed by atoms with van der Waals surface area (Å²) in [4.78, 5) is 35.5. The van der Waals surface area contributed by atoms with Crippen LogP contribution in [-0.4, -0.2) is 68.4 Å². The van der Waals surface area contributed by atoms with E-state index in [1.54, 1.807) is 0 Å². The van der Waals surface area contributed by atoms with Crippen molar-refractivity contribution in [1.82, 2.24) is 10.2 Å². The third-order valence-electron chi connectivity index (χ3n) is 9.90. The van der Waals surface area contributed by atoms with Gasteiger partial charge in [-0.1, -0.05) is 39.0 Å². The molecular formula is C34H53N4O3+. The summed E-state index contributed by atoms with van der Waals surface area (Å²) in [6.07, 6.45) is 17.7. The predicted molar refractivity (Wildman–Crippen MR) is 163 cm³/mol. The molecule has 5 aliphatic rings. The Bertz CT molecular complexity index is 1050. The molecule has 2 N–H and O–H groups in total. The minimum Gasteiger partial charge on any atom is -0.378 e. The van der Waals surface area contributed by atoms with Crippen LogP contribution in [0, 0.1) is 35.5 Å². The number of Topliss-reactive ketones (excluding diaryl/α,β-unsaturated/α-hetero) is 1. The molecule has 3 heterocycles. The smallest absolute Gasteiger partial charge is 0.275 e. The Morgan fingerprint density at radius 1 is 1.10 bits per heavy atom. The quantitative estimate of drug-likeness (QED) is 0.352. The van der Waals surface area contributed by atoms with E-state index in [-0.39, 0.29) is 17.6 Å². The van der Waals surface area contributed by atoms with E-state index in [2.05, 4.69) is 50.4 Å². The number of ketones is 1. The number of allylic oxidation sites excluding steroid dienone is 4. The van der Waals surface area contributed by atoms with Crippen LogP contribution in [-0.2, 0) is 14.3 Å². The second-order valence-electron chi connectivity index (χ2n) is 13.7. The van der Waals surface area contributed by atoms with Gasteiger partial charge in [-0.25, -0.2) is 0 Å². The highest BCUT2D eigenvalue weighted by Gasteiger charge is 2.41. The predicted octanol–water partition coefficient (Wildman–Crippen LogP) is 3.93. The van der Waals surface area contributed by atoms with E-state index in [9.17, 15) is 9.59 Å². The summed E-state index contributed by atoms with van der Waals surface area (Å²) in [7, 11) is 0. The maximum absolute atomic E-state index is 14.2. The lowest BCUT2D eigenvalue weighted by Gasteiger charge is -2.39. The average molecular weight is 566 g/mol. The van der Waals surface area contributed by atoms with Gasteiger partial charge in [-0.05, 0) is 86.8 Å². The molecule has 0 radical (unpaired) electrons. The van der Waals surface area contributed by atoms with Gasteiger partial charge < -0.3 is 15.0 Å². The van der Waals surface area contributed by atoms with Crippen LogP contribution in [0.3, 0.4) is 0 Å². The van der Waals surface area contributed by atoms with Crippen LogP contribution < -0.4 is 10.2 Å². The minimum atomic E-state index is 0.229. The molecule has 2 saturated heterocycles. The topological polar surface area (TPSA) is 75.4 Å². The van der Waals surface area contributed by atoms with Gasteiger partial charge in [0.15, 0.2) is 0 Å². The van der Waals surface area contributed by atoms with Crippen molar-refractivity contribution in [3.8, 4) is 0 Å². The highest BCUT2D eigenvalue weighted by molar-refractivity contribution is 6.36. The molecule has 5 unspecified atom stereocenters. The molecule has 5 atom stereocenters. The van der Waals surface area contributed by atoms with Gasteiger partial charge in [0.25, 0.3) is 5.84 Å². The Kier molecular flexibility index (Phi) is 10.7. The monoisotopic (exact) mass is 565 g/mol. The summed E-state index contributed by atoms with van der Waals surface area (Å²) in [6, 6.07) is 0. The number of rotatable bonds is 12. The van der Waals surface area contributed by atoms with E-state index in [0.717, 1.165) is 62.8 Å². The van der Waals surface area contributed by atoms with Crippen molar-refractivity contribution in [2.24, 2.45) is 40.5 Å². The number of aliphatic imine (C=N–C) groups is 1. The van der Waals surface area contributed by atoms with Crippen molar-refractivity contribution < 1.29 is 19.2 Å². The molecule has 0 aromatic carbocycles. The van der Waals surface area contributed by atoms with Crippen LogP contribution in [0.4, 0.5) is 0 Å². The Balaban J connectivity index is 1.29. The molecule has 5 rings (SSSR count). The number of quaternary nitrogens is 1. The highest BCUT2D eigenvalue weighted by atomic mass is 16.5. The van der Waals surface area contributed by atoms with E-state index in [0.29, 0.717) is 62.8 Å². The Morgan fingerprint density at radius 3 is 2.66 bits per heavy atom. The third-order valence-corrected chi connectivity index (χ3v) is 9.90. The number of morpholine rings is 1. The number of nitrogens with zero attached hydrogens (tertiary/aromatic N) is 2. The van der Waals surface area contributed by atoms with Crippen molar-refractivity contribution in [3.63, 3.8) is 0 Å². The van der Waals surface area contributed by atoms with E-state index in [4.69, 9.17) is 9.73 Å². The second kappa shape index (κ2) is 14.4. The summed E-state index contributed by atoms with van der Waals surface area (Å²) >= 11 is 0. The van der Waals surface area contributed by atoms with Gasteiger partial charge in [-0.2, -0.15) is 4.99 Å². The van der Waals surface area contributed by atoms with Gasteiger partial charge in [0.2, 0.25) is 11.7 Å². The van der Waals surface area contributed by atoms with Gasteiger partial charge >= 0.3 is 0 Å². The molecule has 3 aliphatic heterocycles. The summed E-state index contributed by atoms with van der Waals surface area (Å²) in [5.41, 5.74) is 2.28. The number of hydrogen-bond donors (Lipinski definition) is 2. The first-order valence-electron chi connectivity index (χ1n) is 16.5. The largest absolute Gasteiger partial charge is 0.378 e. The fourth-order valence-electron chi connectivity index (χ4n) is 7.53. The minimum absolute atomic E-state index is 0.229. The molecule has 2 aliphatic carbocycles. The molecule has 3 fully saturated rings. The van der Waals surface area contributed by atoms with Crippen molar-refractivity contribution >= 4 is 17.5 Å². The zero-order chi connectivity index (χ0) is 28.8. The second-order valence-corrected chi connectivity index (χ2v) is 13.7. The first-order chi connectivity index (χ1) is 19.9. The maximum Gasteiger partial charge on any atom is 0.275 e. The Morgan fingerprint density at radius 2 is 1.90 bits per heavy atom. The van der Waals surface area contributed by atoms with Crippen molar-refractivity contribution in [3.05, 3.63) is 35.7 Å². The summed E-state index contributed by atoms with van der Waals surface area (Å²) in [5, 5.41) is 3.66. The van der Waals surface area contributed by atoms with Gasteiger partial charge in [-0.3, -0.25) is 14.5 Å². The van der Waals surface area contributed by atoms with Crippen LogP contribution in [0.25, 0.3) is 0 Å². The molecule has 0 spiro atoms. The molecule has 0 bridgehead atoms. The Hall–Kier alpha value is -2.09. The molecule has 1 amide bonds. The molecule has 0 aromatic rings. The molecule has 7 nitrogen and oxygen atoms in total. The first-order valence-corrected chi connectivity index (χ1v) is 16.5. The number of amidine groups is 1. The van der Waals surface area contributed by atoms with Crippen molar-refractivity contribution in [1.29, 1.82) is 0 Å². The van der Waals surface area contributed by atoms with E-state index in [1.165, 1.54) is 29.9 Å². The van der Waals surface area contributed by atoms with Crippen molar-refractivity contribution in [2.75, 3.05) is 45.9 Å². The normalized spacial score (nSPS) is 28.2. The highest BCUT2D eigenvalue weighted by Crippen LogP contribution is 2.36. The van der Waals surface area contributed by atoms with Crippen LogP contribution in [0.2, 0.25) is 0 Å². The molecular weight excluding hydrogens is 512 g/mol. The first kappa shape index (κ1) is 30.4. The van der Waals surface area contributed by atoms with Crippen molar-refractivity contribution in [2.45, 2.75) is 78.6 Å². The molecule has 0 aromatic heterocycles.